The number of fused-ring (bicyclic) bond motifs is 2. The summed E-state index contributed by atoms with van der Waals surface area (Å²) in [6, 6.07) is 14.1. The molecule has 0 radical (unpaired) electrons. The molecule has 1 fully saturated rings. The normalized spacial score (nSPS) is 20.9. The van der Waals surface area contributed by atoms with Crippen molar-refractivity contribution in [3.63, 3.8) is 0 Å². The molecule has 0 saturated carbocycles. The number of carbonyl (C=O) groups is 2. The second kappa shape index (κ2) is 9.80. The number of ketones is 1. The lowest BCUT2D eigenvalue weighted by Crippen LogP contribution is -2.44. The van der Waals surface area contributed by atoms with E-state index in [2.05, 4.69) is 17.4 Å². The van der Waals surface area contributed by atoms with Gasteiger partial charge in [-0.25, -0.2) is 0 Å². The monoisotopic (exact) mass is 459 g/mol. The molecule has 34 heavy (non-hydrogen) atoms. The number of aliphatic hydroxyl groups is 1. The summed E-state index contributed by atoms with van der Waals surface area (Å²) in [4.78, 5) is 31.3. The van der Waals surface area contributed by atoms with Crippen LogP contribution >= 0.6 is 0 Å². The summed E-state index contributed by atoms with van der Waals surface area (Å²) in [5.41, 5.74) is 6.48. The van der Waals surface area contributed by atoms with E-state index in [1.807, 2.05) is 35.2 Å². The molecule has 2 N–H and O–H groups in total. The summed E-state index contributed by atoms with van der Waals surface area (Å²) < 4.78 is 0. The van der Waals surface area contributed by atoms with Gasteiger partial charge in [-0.1, -0.05) is 36.4 Å². The van der Waals surface area contributed by atoms with Crippen LogP contribution in [0.4, 0.5) is 5.69 Å². The smallest absolute Gasteiger partial charge is 0.219 e. The van der Waals surface area contributed by atoms with Gasteiger partial charge in [-0.3, -0.25) is 14.6 Å². The Morgan fingerprint density at radius 3 is 2.65 bits per heavy atom. The van der Waals surface area contributed by atoms with Gasteiger partial charge in [-0.15, -0.1) is 0 Å². The third-order valence-electron chi connectivity index (χ3n) is 7.70. The minimum absolute atomic E-state index is 0.0238. The molecule has 6 heteroatoms. The molecule has 2 atom stereocenters. The van der Waals surface area contributed by atoms with Gasteiger partial charge in [0.15, 0.2) is 5.78 Å². The number of benzene rings is 2. The number of hydrogen-bond donors (Lipinski definition) is 2. The highest BCUT2D eigenvalue weighted by Crippen LogP contribution is 2.33. The van der Waals surface area contributed by atoms with Crippen molar-refractivity contribution in [1.82, 2.24) is 10.2 Å². The van der Waals surface area contributed by atoms with Crippen molar-refractivity contribution < 1.29 is 14.7 Å². The van der Waals surface area contributed by atoms with E-state index in [0.29, 0.717) is 24.3 Å². The summed E-state index contributed by atoms with van der Waals surface area (Å²) in [5.74, 6) is 0.606. The third-order valence-corrected chi connectivity index (χ3v) is 7.70. The topological polar surface area (TPSA) is 82.0 Å². The lowest BCUT2D eigenvalue weighted by atomic mass is 9.89. The predicted octanol–water partition coefficient (Wildman–Crippen LogP) is 3.61. The van der Waals surface area contributed by atoms with Gasteiger partial charge in [-0.05, 0) is 48.4 Å². The van der Waals surface area contributed by atoms with Crippen LogP contribution in [0.25, 0.3) is 0 Å². The maximum Gasteiger partial charge on any atom is 0.219 e. The highest BCUT2D eigenvalue weighted by atomic mass is 16.3. The summed E-state index contributed by atoms with van der Waals surface area (Å²) in [6.45, 7) is 3.97. The van der Waals surface area contributed by atoms with Crippen LogP contribution in [0, 0.1) is 5.92 Å². The SMILES string of the molecule is CC(=O)N1CCC(C2=Nc3cc(C(=O)CC[C@@H](O)[C@@H]4Cc5ccccc5CN4)ccc3C2)CC1. The fourth-order valence-electron chi connectivity index (χ4n) is 5.52. The zero-order chi connectivity index (χ0) is 23.7. The molecule has 178 valence electrons. The molecule has 0 unspecified atom stereocenters. The van der Waals surface area contributed by atoms with Crippen molar-refractivity contribution >= 4 is 23.1 Å². The highest BCUT2D eigenvalue weighted by Gasteiger charge is 2.28. The molecule has 6 nitrogen and oxygen atoms in total. The van der Waals surface area contributed by atoms with Crippen molar-refractivity contribution in [3.8, 4) is 0 Å². The maximum atomic E-state index is 12.9. The van der Waals surface area contributed by atoms with E-state index >= 15 is 0 Å². The molecule has 2 aromatic rings. The number of Topliss-reactive ketones (excluding diaryl/α,β-unsaturated/α-hetero) is 1. The summed E-state index contributed by atoms with van der Waals surface area (Å²) in [6.07, 6.45) is 3.73. The van der Waals surface area contributed by atoms with Gasteiger partial charge >= 0.3 is 0 Å². The number of piperidine rings is 1. The van der Waals surface area contributed by atoms with E-state index in [-0.39, 0.29) is 17.7 Å². The molecule has 1 amide bonds. The number of amides is 1. The van der Waals surface area contributed by atoms with Gasteiger partial charge in [0.25, 0.3) is 0 Å². The number of hydrogen-bond acceptors (Lipinski definition) is 5. The average Bonchev–Trinajstić information content (AvgIpc) is 3.30. The second-order valence-corrected chi connectivity index (χ2v) is 9.89. The summed E-state index contributed by atoms with van der Waals surface area (Å²) in [7, 11) is 0. The van der Waals surface area contributed by atoms with Crippen molar-refractivity contribution in [2.45, 2.75) is 64.1 Å². The molecule has 0 aliphatic carbocycles. The first-order valence-corrected chi connectivity index (χ1v) is 12.5. The highest BCUT2D eigenvalue weighted by molar-refractivity contribution is 6.00. The lowest BCUT2D eigenvalue weighted by molar-refractivity contribution is -0.129. The van der Waals surface area contributed by atoms with E-state index in [0.717, 1.165) is 51.0 Å². The van der Waals surface area contributed by atoms with Crippen molar-refractivity contribution in [1.29, 1.82) is 0 Å². The minimum Gasteiger partial charge on any atom is -0.391 e. The molecule has 3 heterocycles. The van der Waals surface area contributed by atoms with E-state index < -0.39 is 6.10 Å². The van der Waals surface area contributed by atoms with Gasteiger partial charge in [0, 0.05) is 62.6 Å². The van der Waals surface area contributed by atoms with Crippen LogP contribution in [-0.2, 0) is 24.2 Å². The zero-order valence-electron chi connectivity index (χ0n) is 19.8. The summed E-state index contributed by atoms with van der Waals surface area (Å²) >= 11 is 0. The fourth-order valence-corrected chi connectivity index (χ4v) is 5.52. The van der Waals surface area contributed by atoms with Gasteiger partial charge < -0.3 is 15.3 Å². The molecule has 0 aromatic heterocycles. The molecule has 1 saturated heterocycles. The minimum atomic E-state index is -0.558. The van der Waals surface area contributed by atoms with E-state index in [1.165, 1.54) is 22.4 Å². The molecular weight excluding hydrogens is 426 g/mol. The van der Waals surface area contributed by atoms with Gasteiger partial charge in [0.2, 0.25) is 5.91 Å². The average molecular weight is 460 g/mol. The Morgan fingerprint density at radius 2 is 1.88 bits per heavy atom. The van der Waals surface area contributed by atoms with Crippen LogP contribution in [0.1, 0.15) is 59.7 Å². The molecule has 3 aliphatic rings. The first-order chi connectivity index (χ1) is 16.5. The largest absolute Gasteiger partial charge is 0.391 e. The van der Waals surface area contributed by atoms with Crippen molar-refractivity contribution in [2.75, 3.05) is 13.1 Å². The first kappa shape index (κ1) is 22.9. The Labute approximate surface area is 201 Å². The van der Waals surface area contributed by atoms with Crippen molar-refractivity contribution in [2.24, 2.45) is 10.9 Å². The van der Waals surface area contributed by atoms with Crippen LogP contribution < -0.4 is 5.32 Å². The number of rotatable bonds is 6. The van der Waals surface area contributed by atoms with Gasteiger partial charge in [0.05, 0.1) is 11.8 Å². The Morgan fingerprint density at radius 1 is 1.12 bits per heavy atom. The number of carbonyl (C=O) groups excluding carboxylic acids is 2. The predicted molar refractivity (Wildman–Crippen MR) is 133 cm³/mol. The number of nitrogens with zero attached hydrogens (tertiary/aromatic N) is 2. The van der Waals surface area contributed by atoms with Gasteiger partial charge in [0.1, 0.15) is 0 Å². The number of aliphatic hydroxyl groups excluding tert-OH is 1. The van der Waals surface area contributed by atoms with Crippen LogP contribution in [0.3, 0.4) is 0 Å². The van der Waals surface area contributed by atoms with Gasteiger partial charge in [-0.2, -0.15) is 0 Å². The standard InChI is InChI=1S/C28H33N3O3/c1-18(32)31-12-10-19(11-13-31)24-15-21-6-7-22(16-25(21)30-24)27(33)8-9-28(34)26-14-20-4-2-3-5-23(20)17-29-26/h2-7,16,19,26,28-29,34H,8-15,17H2,1H3/t26-,28+/m0/s1. The fraction of sp³-hybridized carbons (Fsp3) is 0.464. The molecular formula is C28H33N3O3. The van der Waals surface area contributed by atoms with Crippen LogP contribution in [0.2, 0.25) is 0 Å². The quantitative estimate of drug-likeness (QED) is 0.647. The molecule has 2 aromatic carbocycles. The van der Waals surface area contributed by atoms with Crippen LogP contribution in [0.15, 0.2) is 47.5 Å². The first-order valence-electron chi connectivity index (χ1n) is 12.5. The number of likely N-dealkylation sites (tertiary alicyclic amines) is 1. The maximum absolute atomic E-state index is 12.9. The Bertz CT molecular complexity index is 1120. The second-order valence-electron chi connectivity index (χ2n) is 9.89. The van der Waals surface area contributed by atoms with E-state index in [4.69, 9.17) is 4.99 Å². The third kappa shape index (κ3) is 4.84. The Balaban J connectivity index is 1.16. The van der Waals surface area contributed by atoms with Crippen molar-refractivity contribution in [3.05, 3.63) is 64.7 Å². The molecule has 3 aliphatic heterocycles. The zero-order valence-corrected chi connectivity index (χ0v) is 19.8. The van der Waals surface area contributed by atoms with Crippen LogP contribution in [-0.4, -0.2) is 52.6 Å². The number of nitrogens with one attached hydrogen (secondary N) is 1. The van der Waals surface area contributed by atoms with E-state index in [1.54, 1.807) is 6.92 Å². The number of aliphatic imine (C=N–C) groups is 1. The van der Waals surface area contributed by atoms with Crippen LogP contribution in [0.5, 0.6) is 0 Å². The molecule has 0 spiro atoms. The lowest BCUT2D eigenvalue weighted by Gasteiger charge is -2.31. The molecule has 5 rings (SSSR count). The van der Waals surface area contributed by atoms with E-state index in [9.17, 15) is 14.7 Å². The Hall–Kier alpha value is -2.83. The Kier molecular flexibility index (Phi) is 6.61. The molecule has 0 bridgehead atoms. The summed E-state index contributed by atoms with van der Waals surface area (Å²) in [5, 5.41) is 14.1.